The zero-order valence-electron chi connectivity index (χ0n) is 10.0. The maximum Gasteiger partial charge on any atom is 0.0724 e. The van der Waals surface area contributed by atoms with Crippen molar-refractivity contribution in [3.63, 3.8) is 0 Å². The van der Waals surface area contributed by atoms with E-state index in [0.29, 0.717) is 0 Å². The first-order valence-corrected chi connectivity index (χ1v) is 6.30. The van der Waals surface area contributed by atoms with Crippen LogP contribution in [0.3, 0.4) is 0 Å². The molecule has 1 aromatic heterocycles. The van der Waals surface area contributed by atoms with E-state index in [-0.39, 0.29) is 0 Å². The highest BCUT2D eigenvalue weighted by Crippen LogP contribution is 2.27. The van der Waals surface area contributed by atoms with Crippen molar-refractivity contribution in [1.29, 1.82) is 0 Å². The van der Waals surface area contributed by atoms with Gasteiger partial charge in [0.05, 0.1) is 5.69 Å². The van der Waals surface area contributed by atoms with Crippen LogP contribution in [0.25, 0.3) is 0 Å². The number of rotatable bonds is 4. The summed E-state index contributed by atoms with van der Waals surface area (Å²) in [6.45, 7) is 4.34. The van der Waals surface area contributed by atoms with E-state index in [0.717, 1.165) is 30.6 Å². The lowest BCUT2D eigenvalue weighted by Crippen LogP contribution is -2.26. The number of nitrogens with zero attached hydrogens (tertiary/aromatic N) is 2. The Labute approximate surface area is 97.7 Å². The van der Waals surface area contributed by atoms with Crippen molar-refractivity contribution < 1.29 is 0 Å². The van der Waals surface area contributed by atoms with Crippen molar-refractivity contribution >= 4 is 0 Å². The molecule has 1 aliphatic rings. The minimum Gasteiger partial charge on any atom is -0.311 e. The predicted molar refractivity (Wildman–Crippen MR) is 64.9 cm³/mol. The summed E-state index contributed by atoms with van der Waals surface area (Å²) in [6, 6.07) is 0. The molecular weight excluding hydrogens is 198 g/mol. The van der Waals surface area contributed by atoms with Crippen LogP contribution in [0, 0.1) is 11.8 Å². The van der Waals surface area contributed by atoms with Crippen LogP contribution in [0.2, 0.25) is 0 Å². The van der Waals surface area contributed by atoms with E-state index in [2.05, 4.69) is 22.2 Å². The van der Waals surface area contributed by atoms with Crippen molar-refractivity contribution in [2.75, 3.05) is 6.54 Å². The molecule has 0 bridgehead atoms. The normalized spacial score (nSPS) is 25.6. The quantitative estimate of drug-likeness (QED) is 0.845. The maximum atomic E-state index is 4.25. The van der Waals surface area contributed by atoms with E-state index in [1.807, 2.05) is 6.20 Å². The van der Waals surface area contributed by atoms with Crippen molar-refractivity contribution in [3.05, 3.63) is 24.3 Å². The zero-order chi connectivity index (χ0) is 11.2. The van der Waals surface area contributed by atoms with Crippen LogP contribution in [0.15, 0.2) is 18.6 Å². The molecule has 2 rings (SSSR count). The monoisotopic (exact) mass is 219 g/mol. The van der Waals surface area contributed by atoms with E-state index in [1.54, 1.807) is 12.4 Å². The minimum atomic E-state index is 0.846. The van der Waals surface area contributed by atoms with Gasteiger partial charge in [-0.2, -0.15) is 0 Å². The van der Waals surface area contributed by atoms with Crippen LogP contribution in [0.5, 0.6) is 0 Å². The molecule has 1 aromatic rings. The number of nitrogens with one attached hydrogen (secondary N) is 1. The molecular formula is C13H21N3. The Hall–Kier alpha value is -0.960. The molecule has 1 N–H and O–H groups in total. The molecule has 0 spiro atoms. The van der Waals surface area contributed by atoms with Crippen molar-refractivity contribution in [2.45, 2.75) is 39.2 Å². The van der Waals surface area contributed by atoms with Gasteiger partial charge < -0.3 is 5.32 Å². The highest BCUT2D eigenvalue weighted by molar-refractivity contribution is 4.93. The van der Waals surface area contributed by atoms with Crippen LogP contribution in [-0.2, 0) is 6.54 Å². The molecule has 1 fully saturated rings. The Morgan fingerprint density at radius 1 is 1.38 bits per heavy atom. The standard InChI is InChI=1S/C13H21N3/c1-11-3-2-4-12(7-11)8-15-10-13-9-14-5-6-16-13/h5-6,9,11-12,15H,2-4,7-8,10H2,1H3. The molecule has 16 heavy (non-hydrogen) atoms. The number of aromatic nitrogens is 2. The van der Waals surface area contributed by atoms with Crippen molar-refractivity contribution in [2.24, 2.45) is 11.8 Å². The first kappa shape index (κ1) is 11.5. The first-order valence-electron chi connectivity index (χ1n) is 6.30. The summed E-state index contributed by atoms with van der Waals surface area (Å²) in [5, 5.41) is 3.49. The van der Waals surface area contributed by atoms with Gasteiger partial charge in [-0.3, -0.25) is 9.97 Å². The summed E-state index contributed by atoms with van der Waals surface area (Å²) < 4.78 is 0. The molecule has 0 radical (unpaired) electrons. The Balaban J connectivity index is 1.68. The Morgan fingerprint density at radius 3 is 3.06 bits per heavy atom. The van der Waals surface area contributed by atoms with Crippen LogP contribution < -0.4 is 5.32 Å². The molecule has 0 saturated heterocycles. The largest absolute Gasteiger partial charge is 0.311 e. The second-order valence-electron chi connectivity index (χ2n) is 4.97. The van der Waals surface area contributed by atoms with Crippen LogP contribution >= 0.6 is 0 Å². The van der Waals surface area contributed by atoms with Gasteiger partial charge in [0, 0.05) is 25.1 Å². The Kier molecular flexibility index (Phi) is 4.28. The molecule has 0 amide bonds. The summed E-state index contributed by atoms with van der Waals surface area (Å²) in [5.74, 6) is 1.78. The summed E-state index contributed by atoms with van der Waals surface area (Å²) in [5.41, 5.74) is 1.03. The van der Waals surface area contributed by atoms with E-state index in [9.17, 15) is 0 Å². The van der Waals surface area contributed by atoms with Gasteiger partial charge in [-0.1, -0.05) is 19.8 Å². The second kappa shape index (κ2) is 5.94. The highest BCUT2D eigenvalue weighted by Gasteiger charge is 2.18. The molecule has 1 saturated carbocycles. The third-order valence-electron chi connectivity index (χ3n) is 3.40. The van der Waals surface area contributed by atoms with Gasteiger partial charge >= 0.3 is 0 Å². The molecule has 1 heterocycles. The predicted octanol–water partition coefficient (Wildman–Crippen LogP) is 2.39. The summed E-state index contributed by atoms with van der Waals surface area (Å²) in [4.78, 5) is 8.31. The Morgan fingerprint density at radius 2 is 2.31 bits per heavy atom. The number of hydrogen-bond donors (Lipinski definition) is 1. The number of hydrogen-bond acceptors (Lipinski definition) is 3. The minimum absolute atomic E-state index is 0.846. The second-order valence-corrected chi connectivity index (χ2v) is 4.97. The smallest absolute Gasteiger partial charge is 0.0724 e. The topological polar surface area (TPSA) is 37.8 Å². The third kappa shape index (κ3) is 3.56. The van der Waals surface area contributed by atoms with Gasteiger partial charge in [-0.15, -0.1) is 0 Å². The van der Waals surface area contributed by atoms with Gasteiger partial charge in [0.2, 0.25) is 0 Å². The van der Waals surface area contributed by atoms with Gasteiger partial charge in [-0.05, 0) is 31.2 Å². The molecule has 0 aliphatic heterocycles. The van der Waals surface area contributed by atoms with Gasteiger partial charge in [0.15, 0.2) is 0 Å². The summed E-state index contributed by atoms with van der Waals surface area (Å²) >= 11 is 0. The average molecular weight is 219 g/mol. The summed E-state index contributed by atoms with van der Waals surface area (Å²) in [6.07, 6.45) is 10.9. The molecule has 3 heteroatoms. The summed E-state index contributed by atoms with van der Waals surface area (Å²) in [7, 11) is 0. The lowest BCUT2D eigenvalue weighted by molar-refractivity contribution is 0.274. The molecule has 1 aliphatic carbocycles. The lowest BCUT2D eigenvalue weighted by Gasteiger charge is -2.26. The van der Waals surface area contributed by atoms with Crippen LogP contribution in [0.1, 0.15) is 38.3 Å². The first-order chi connectivity index (χ1) is 7.84. The van der Waals surface area contributed by atoms with E-state index in [4.69, 9.17) is 0 Å². The fourth-order valence-electron chi connectivity index (χ4n) is 2.57. The van der Waals surface area contributed by atoms with Crippen molar-refractivity contribution in [3.8, 4) is 0 Å². The van der Waals surface area contributed by atoms with E-state index in [1.165, 1.54) is 25.7 Å². The maximum absolute atomic E-state index is 4.25. The molecule has 0 aromatic carbocycles. The Bertz CT molecular complexity index is 299. The zero-order valence-corrected chi connectivity index (χ0v) is 10.0. The highest BCUT2D eigenvalue weighted by atomic mass is 14.9. The van der Waals surface area contributed by atoms with Gasteiger partial charge in [0.25, 0.3) is 0 Å². The molecule has 2 unspecified atom stereocenters. The van der Waals surface area contributed by atoms with Crippen LogP contribution in [0.4, 0.5) is 0 Å². The lowest BCUT2D eigenvalue weighted by atomic mass is 9.82. The van der Waals surface area contributed by atoms with E-state index >= 15 is 0 Å². The fourth-order valence-corrected chi connectivity index (χ4v) is 2.57. The fraction of sp³-hybridized carbons (Fsp3) is 0.692. The molecule has 88 valence electrons. The molecule has 3 nitrogen and oxygen atoms in total. The SMILES string of the molecule is CC1CCCC(CNCc2cnccn2)C1. The molecule has 2 atom stereocenters. The third-order valence-corrected chi connectivity index (χ3v) is 3.40. The van der Waals surface area contributed by atoms with E-state index < -0.39 is 0 Å². The van der Waals surface area contributed by atoms with Crippen molar-refractivity contribution in [1.82, 2.24) is 15.3 Å². The van der Waals surface area contributed by atoms with Crippen LogP contribution in [-0.4, -0.2) is 16.5 Å². The van der Waals surface area contributed by atoms with Gasteiger partial charge in [-0.25, -0.2) is 0 Å². The van der Waals surface area contributed by atoms with Gasteiger partial charge in [0.1, 0.15) is 0 Å². The average Bonchev–Trinajstić information content (AvgIpc) is 2.30.